The zero-order chi connectivity index (χ0) is 16.7. The molecule has 2 heterocycles. The minimum Gasteiger partial charge on any atom is -0.384 e. The van der Waals surface area contributed by atoms with Gasteiger partial charge in [-0.25, -0.2) is 9.37 Å². The van der Waals surface area contributed by atoms with Gasteiger partial charge in [-0.15, -0.1) is 0 Å². The third kappa shape index (κ3) is 2.34. The summed E-state index contributed by atoms with van der Waals surface area (Å²) in [5.41, 5.74) is 15.9. The topological polar surface area (TPSA) is 93.6 Å². The number of hydrogen-bond acceptors (Lipinski definition) is 4. The lowest BCUT2D eigenvalue weighted by Gasteiger charge is -2.09. The van der Waals surface area contributed by atoms with E-state index in [0.717, 1.165) is 33.2 Å². The smallest absolute Gasteiger partial charge is 0.153 e. The summed E-state index contributed by atoms with van der Waals surface area (Å²) in [7, 11) is 0. The van der Waals surface area contributed by atoms with Crippen LogP contribution in [-0.4, -0.2) is 15.2 Å². The van der Waals surface area contributed by atoms with Crippen LogP contribution in [-0.2, 0) is 0 Å². The predicted octanol–water partition coefficient (Wildman–Crippen LogP) is 3.60. The van der Waals surface area contributed by atoms with Crippen molar-refractivity contribution in [2.45, 2.75) is 0 Å². The maximum atomic E-state index is 13.7. The highest BCUT2D eigenvalue weighted by atomic mass is 19.1. The third-order valence-corrected chi connectivity index (χ3v) is 3.95. The molecule has 5 N–H and O–H groups in total. The van der Waals surface area contributed by atoms with E-state index in [0.29, 0.717) is 11.6 Å². The van der Waals surface area contributed by atoms with Gasteiger partial charge in [0.05, 0.1) is 5.52 Å². The zero-order valence-corrected chi connectivity index (χ0v) is 12.6. The highest BCUT2D eigenvalue weighted by Crippen LogP contribution is 2.35. The van der Waals surface area contributed by atoms with E-state index < -0.39 is 0 Å². The van der Waals surface area contributed by atoms with Crippen molar-refractivity contribution in [3.05, 3.63) is 60.5 Å². The second kappa shape index (κ2) is 5.34. The molecule has 0 fully saturated rings. The number of aromatic amines is 1. The quantitative estimate of drug-likeness (QED) is 0.526. The summed E-state index contributed by atoms with van der Waals surface area (Å²) in [5, 5.41) is 7.79. The molecule has 0 unspecified atom stereocenters. The van der Waals surface area contributed by atoms with Crippen LogP contribution in [0.25, 0.3) is 33.2 Å². The van der Waals surface area contributed by atoms with Crippen molar-refractivity contribution < 1.29 is 4.39 Å². The summed E-state index contributed by atoms with van der Waals surface area (Å²) in [5.74, 6) is 0.526. The Labute approximate surface area is 137 Å². The number of nitrogens with zero attached hydrogens (tertiary/aromatic N) is 2. The number of fused-ring (bicyclic) bond motifs is 1. The molecule has 0 bridgehead atoms. The van der Waals surface area contributed by atoms with Crippen molar-refractivity contribution in [1.82, 2.24) is 15.2 Å². The van der Waals surface area contributed by atoms with Gasteiger partial charge in [-0.3, -0.25) is 5.10 Å². The first-order chi connectivity index (χ1) is 11.6. The Bertz CT molecular complexity index is 1050. The molecule has 0 saturated carbocycles. The first-order valence-electron chi connectivity index (χ1n) is 7.37. The van der Waals surface area contributed by atoms with Gasteiger partial charge in [0.25, 0.3) is 0 Å². The van der Waals surface area contributed by atoms with Crippen LogP contribution in [0.2, 0.25) is 0 Å². The molecule has 0 amide bonds. The maximum absolute atomic E-state index is 13.7. The number of H-pyrrole nitrogens is 1. The lowest BCUT2D eigenvalue weighted by atomic mass is 9.96. The summed E-state index contributed by atoms with van der Waals surface area (Å²) in [4.78, 5) is 4.01. The number of nitrogen functional groups attached to an aromatic ring is 2. The fourth-order valence-corrected chi connectivity index (χ4v) is 2.82. The van der Waals surface area contributed by atoms with Crippen molar-refractivity contribution in [1.29, 1.82) is 0 Å². The van der Waals surface area contributed by atoms with Gasteiger partial charge in [0, 0.05) is 17.1 Å². The van der Waals surface area contributed by atoms with Crippen LogP contribution in [0.1, 0.15) is 0 Å². The van der Waals surface area contributed by atoms with E-state index in [2.05, 4.69) is 15.2 Å². The first-order valence-corrected chi connectivity index (χ1v) is 7.37. The molecule has 2 aromatic carbocycles. The molecule has 4 rings (SSSR count). The average Bonchev–Trinajstić information content (AvgIpc) is 2.95. The molecule has 0 aliphatic rings. The Morgan fingerprint density at radius 2 is 1.79 bits per heavy atom. The van der Waals surface area contributed by atoms with E-state index in [1.54, 1.807) is 18.3 Å². The molecule has 2 aromatic heterocycles. The second-order valence-corrected chi connectivity index (χ2v) is 5.53. The van der Waals surface area contributed by atoms with Crippen LogP contribution < -0.4 is 11.5 Å². The maximum Gasteiger partial charge on any atom is 0.153 e. The molecule has 0 atom stereocenters. The molecule has 5 nitrogen and oxygen atoms in total. The molecule has 4 aromatic rings. The minimum absolute atomic E-state index is 0.299. The molecular weight excluding hydrogens is 305 g/mol. The molecule has 0 aliphatic heterocycles. The molecule has 6 heteroatoms. The summed E-state index contributed by atoms with van der Waals surface area (Å²) >= 11 is 0. The van der Waals surface area contributed by atoms with Gasteiger partial charge < -0.3 is 11.5 Å². The highest BCUT2D eigenvalue weighted by molar-refractivity contribution is 6.02. The molecule has 0 aliphatic carbocycles. The average molecular weight is 319 g/mol. The van der Waals surface area contributed by atoms with Crippen LogP contribution in [0.4, 0.5) is 16.0 Å². The van der Waals surface area contributed by atoms with E-state index >= 15 is 0 Å². The molecule has 118 valence electrons. The minimum atomic E-state index is -0.299. The molecular formula is C18H14FN5. The van der Waals surface area contributed by atoms with Crippen molar-refractivity contribution in [3.8, 4) is 22.3 Å². The van der Waals surface area contributed by atoms with Gasteiger partial charge in [-0.2, -0.15) is 5.10 Å². The van der Waals surface area contributed by atoms with E-state index in [-0.39, 0.29) is 5.82 Å². The van der Waals surface area contributed by atoms with E-state index in [9.17, 15) is 4.39 Å². The molecule has 0 spiro atoms. The monoisotopic (exact) mass is 319 g/mol. The highest BCUT2D eigenvalue weighted by Gasteiger charge is 2.13. The van der Waals surface area contributed by atoms with E-state index in [4.69, 9.17) is 11.5 Å². The number of halogens is 1. The van der Waals surface area contributed by atoms with Gasteiger partial charge in [0.1, 0.15) is 11.6 Å². The number of benzene rings is 2. The zero-order valence-electron chi connectivity index (χ0n) is 12.6. The number of pyridine rings is 1. The lowest BCUT2D eigenvalue weighted by molar-refractivity contribution is 0.628. The van der Waals surface area contributed by atoms with Crippen molar-refractivity contribution in [2.24, 2.45) is 0 Å². The Balaban J connectivity index is 2.02. The molecule has 0 radical (unpaired) electrons. The lowest BCUT2D eigenvalue weighted by Crippen LogP contribution is -1.91. The van der Waals surface area contributed by atoms with Crippen molar-refractivity contribution >= 4 is 22.5 Å². The summed E-state index contributed by atoms with van der Waals surface area (Å²) < 4.78 is 13.7. The van der Waals surface area contributed by atoms with Gasteiger partial charge in [-0.1, -0.05) is 12.1 Å². The number of nitrogens with one attached hydrogen (secondary N) is 1. The van der Waals surface area contributed by atoms with Gasteiger partial charge >= 0.3 is 0 Å². The van der Waals surface area contributed by atoms with Crippen LogP contribution in [0, 0.1) is 5.82 Å². The van der Waals surface area contributed by atoms with Crippen molar-refractivity contribution in [2.75, 3.05) is 11.5 Å². The summed E-state index contributed by atoms with van der Waals surface area (Å²) in [6.07, 6.45) is 1.65. The van der Waals surface area contributed by atoms with Crippen LogP contribution in [0.5, 0.6) is 0 Å². The predicted molar refractivity (Wildman–Crippen MR) is 93.5 cm³/mol. The number of hydrogen-bond donors (Lipinski definition) is 3. The van der Waals surface area contributed by atoms with Crippen LogP contribution >= 0.6 is 0 Å². The van der Waals surface area contributed by atoms with Gasteiger partial charge in [0.2, 0.25) is 0 Å². The first kappa shape index (κ1) is 14.2. The Morgan fingerprint density at radius 3 is 2.58 bits per heavy atom. The Hall–Kier alpha value is -3.41. The number of nitrogens with two attached hydrogens (primary N) is 2. The number of rotatable bonds is 2. The normalized spacial score (nSPS) is 11.0. The Kier molecular flexibility index (Phi) is 3.16. The fraction of sp³-hybridized carbons (Fsp3) is 0. The van der Waals surface area contributed by atoms with Gasteiger partial charge in [-0.05, 0) is 53.1 Å². The third-order valence-electron chi connectivity index (χ3n) is 3.95. The number of aromatic nitrogens is 3. The molecule has 24 heavy (non-hydrogen) atoms. The largest absolute Gasteiger partial charge is 0.384 e. The van der Waals surface area contributed by atoms with Crippen molar-refractivity contribution in [3.63, 3.8) is 0 Å². The second-order valence-electron chi connectivity index (χ2n) is 5.53. The fourth-order valence-electron chi connectivity index (χ4n) is 2.82. The van der Waals surface area contributed by atoms with Crippen LogP contribution in [0.15, 0.2) is 54.7 Å². The SMILES string of the molecule is Nc1cc(-c2cc(-c3cccc(F)c3)c3[nH]nc(N)c3c2)ccn1. The molecule has 0 saturated heterocycles. The summed E-state index contributed by atoms with van der Waals surface area (Å²) in [6.45, 7) is 0. The van der Waals surface area contributed by atoms with Crippen LogP contribution in [0.3, 0.4) is 0 Å². The Morgan fingerprint density at radius 1 is 0.917 bits per heavy atom. The van der Waals surface area contributed by atoms with E-state index in [1.165, 1.54) is 12.1 Å². The van der Waals surface area contributed by atoms with E-state index in [1.807, 2.05) is 24.3 Å². The standard InChI is InChI=1S/C18H14FN5/c19-13-3-1-2-11(6-13)14-7-12(10-4-5-22-16(20)9-10)8-15-17(14)23-24-18(15)21/h1-9H,(H2,20,22)(H3,21,23,24). The van der Waals surface area contributed by atoms with Gasteiger partial charge in [0.15, 0.2) is 5.82 Å². The number of anilines is 2. The summed E-state index contributed by atoms with van der Waals surface area (Å²) in [6, 6.07) is 14.0.